The molecule has 0 spiro atoms. The van der Waals surface area contributed by atoms with Crippen LogP contribution in [0.25, 0.3) is 28.2 Å². The van der Waals surface area contributed by atoms with Crippen LogP contribution in [0.3, 0.4) is 0 Å². The van der Waals surface area contributed by atoms with E-state index in [1.54, 1.807) is 24.3 Å². The fraction of sp³-hybridized carbons (Fsp3) is 0.150. The lowest BCUT2D eigenvalue weighted by atomic mass is 9.98. The zero-order valence-corrected chi connectivity index (χ0v) is 13.7. The lowest BCUT2D eigenvalue weighted by Crippen LogP contribution is -2.27. The monoisotopic (exact) mass is 336 g/mol. The molecule has 1 aliphatic rings. The summed E-state index contributed by atoms with van der Waals surface area (Å²) in [6.07, 6.45) is 4.93. The molecule has 1 aromatic heterocycles. The molecule has 126 valence electrons. The van der Waals surface area contributed by atoms with Crippen LogP contribution in [0.15, 0.2) is 51.9 Å². The molecule has 0 radical (unpaired) electrons. The summed E-state index contributed by atoms with van der Waals surface area (Å²) in [7, 11) is 0. The van der Waals surface area contributed by atoms with E-state index < -0.39 is 5.60 Å². The molecule has 0 unspecified atom stereocenters. The molecule has 2 heterocycles. The highest BCUT2D eigenvalue weighted by Crippen LogP contribution is 2.41. The van der Waals surface area contributed by atoms with Crippen LogP contribution in [0.1, 0.15) is 19.4 Å². The van der Waals surface area contributed by atoms with E-state index in [4.69, 9.17) is 9.15 Å². The number of hydrogen-bond donors (Lipinski definition) is 2. The molecule has 0 bridgehead atoms. The summed E-state index contributed by atoms with van der Waals surface area (Å²) in [4.78, 5) is 12.9. The molecule has 1 aliphatic heterocycles. The van der Waals surface area contributed by atoms with E-state index in [9.17, 15) is 15.0 Å². The fourth-order valence-corrected chi connectivity index (χ4v) is 2.95. The normalized spacial score (nSPS) is 15.0. The summed E-state index contributed by atoms with van der Waals surface area (Å²) in [6, 6.07) is 7.84. The molecule has 25 heavy (non-hydrogen) atoms. The Morgan fingerprint density at radius 1 is 1.08 bits per heavy atom. The van der Waals surface area contributed by atoms with Crippen LogP contribution in [0.5, 0.6) is 17.2 Å². The van der Waals surface area contributed by atoms with Gasteiger partial charge in [0.25, 0.3) is 0 Å². The van der Waals surface area contributed by atoms with Crippen LogP contribution in [-0.2, 0) is 0 Å². The highest BCUT2D eigenvalue weighted by atomic mass is 16.5. The van der Waals surface area contributed by atoms with Crippen LogP contribution >= 0.6 is 0 Å². The van der Waals surface area contributed by atoms with Gasteiger partial charge in [0.15, 0.2) is 0 Å². The quantitative estimate of drug-likeness (QED) is 0.700. The van der Waals surface area contributed by atoms with Crippen LogP contribution in [0.4, 0.5) is 0 Å². The van der Waals surface area contributed by atoms with Crippen LogP contribution in [-0.4, -0.2) is 15.8 Å². The highest BCUT2D eigenvalue weighted by Gasteiger charge is 2.26. The van der Waals surface area contributed by atoms with E-state index in [2.05, 4.69) is 0 Å². The first-order valence-electron chi connectivity index (χ1n) is 7.85. The molecule has 0 amide bonds. The Bertz CT molecular complexity index is 1070. The lowest BCUT2D eigenvalue weighted by molar-refractivity contribution is 0.158. The highest BCUT2D eigenvalue weighted by molar-refractivity contribution is 5.93. The molecule has 5 heteroatoms. The summed E-state index contributed by atoms with van der Waals surface area (Å²) >= 11 is 0. The van der Waals surface area contributed by atoms with Gasteiger partial charge in [-0.3, -0.25) is 4.79 Å². The third-order valence-corrected chi connectivity index (χ3v) is 4.24. The number of benzene rings is 2. The first-order valence-corrected chi connectivity index (χ1v) is 7.85. The van der Waals surface area contributed by atoms with Crippen molar-refractivity contribution >= 4 is 17.0 Å². The molecule has 0 fully saturated rings. The van der Waals surface area contributed by atoms with Gasteiger partial charge in [0.2, 0.25) is 5.43 Å². The summed E-state index contributed by atoms with van der Waals surface area (Å²) in [5, 5.41) is 20.1. The molecular formula is C20H16O5. The maximum Gasteiger partial charge on any atom is 0.204 e. The second-order valence-corrected chi connectivity index (χ2v) is 6.57. The molecule has 5 nitrogen and oxygen atoms in total. The zero-order valence-electron chi connectivity index (χ0n) is 13.7. The Hall–Kier alpha value is -3.21. The largest absolute Gasteiger partial charge is 0.508 e. The van der Waals surface area contributed by atoms with Crippen molar-refractivity contribution in [2.24, 2.45) is 0 Å². The van der Waals surface area contributed by atoms with Crippen molar-refractivity contribution in [2.75, 3.05) is 0 Å². The van der Waals surface area contributed by atoms with Crippen molar-refractivity contribution in [1.82, 2.24) is 0 Å². The molecule has 2 aromatic carbocycles. The van der Waals surface area contributed by atoms with E-state index >= 15 is 0 Å². The third-order valence-electron chi connectivity index (χ3n) is 4.24. The Balaban J connectivity index is 1.98. The van der Waals surface area contributed by atoms with E-state index in [1.165, 1.54) is 18.4 Å². The Labute approximate surface area is 143 Å². The lowest BCUT2D eigenvalue weighted by Gasteiger charge is -2.28. The van der Waals surface area contributed by atoms with Gasteiger partial charge in [-0.05, 0) is 43.7 Å². The standard InChI is InChI=1S/C20H16O5/c1-20(2)8-7-13-15(25-20)9-16-17(18(13)22)19(23)14(10-24-16)11-3-5-12(21)6-4-11/h3-10,21-22H,1-2H3. The Kier molecular flexibility index (Phi) is 3.15. The topological polar surface area (TPSA) is 79.9 Å². The van der Waals surface area contributed by atoms with Gasteiger partial charge in [0, 0.05) is 6.07 Å². The zero-order chi connectivity index (χ0) is 17.8. The molecular weight excluding hydrogens is 320 g/mol. The van der Waals surface area contributed by atoms with E-state index in [-0.39, 0.29) is 27.9 Å². The van der Waals surface area contributed by atoms with Crippen molar-refractivity contribution < 1.29 is 19.4 Å². The minimum atomic E-state index is -0.501. The average Bonchev–Trinajstić information content (AvgIpc) is 2.55. The summed E-state index contributed by atoms with van der Waals surface area (Å²) in [6.45, 7) is 3.80. The first-order chi connectivity index (χ1) is 11.9. The van der Waals surface area contributed by atoms with Gasteiger partial charge in [0.1, 0.15) is 40.1 Å². The molecule has 2 N–H and O–H groups in total. The van der Waals surface area contributed by atoms with E-state index in [1.807, 2.05) is 19.9 Å². The molecule has 0 saturated carbocycles. The average molecular weight is 336 g/mol. The minimum Gasteiger partial charge on any atom is -0.508 e. The fourth-order valence-electron chi connectivity index (χ4n) is 2.95. The van der Waals surface area contributed by atoms with Gasteiger partial charge < -0.3 is 19.4 Å². The van der Waals surface area contributed by atoms with Crippen molar-refractivity contribution in [3.05, 3.63) is 58.5 Å². The van der Waals surface area contributed by atoms with Gasteiger partial charge in [0.05, 0.1) is 11.1 Å². The van der Waals surface area contributed by atoms with Crippen LogP contribution < -0.4 is 10.2 Å². The number of phenols is 2. The van der Waals surface area contributed by atoms with Gasteiger partial charge >= 0.3 is 0 Å². The first kappa shape index (κ1) is 15.3. The van der Waals surface area contributed by atoms with Crippen LogP contribution in [0.2, 0.25) is 0 Å². The van der Waals surface area contributed by atoms with Crippen molar-refractivity contribution in [2.45, 2.75) is 19.4 Å². The Morgan fingerprint density at radius 3 is 2.52 bits per heavy atom. The van der Waals surface area contributed by atoms with Crippen molar-refractivity contribution in [3.63, 3.8) is 0 Å². The number of hydrogen-bond acceptors (Lipinski definition) is 5. The number of fused-ring (bicyclic) bond motifs is 2. The summed E-state index contributed by atoms with van der Waals surface area (Å²) < 4.78 is 11.4. The third kappa shape index (κ3) is 2.45. The summed E-state index contributed by atoms with van der Waals surface area (Å²) in [5.74, 6) is 0.419. The predicted molar refractivity (Wildman–Crippen MR) is 95.0 cm³/mol. The smallest absolute Gasteiger partial charge is 0.204 e. The van der Waals surface area contributed by atoms with Gasteiger partial charge in [-0.15, -0.1) is 0 Å². The van der Waals surface area contributed by atoms with Crippen LogP contribution in [0, 0.1) is 0 Å². The second-order valence-electron chi connectivity index (χ2n) is 6.57. The van der Waals surface area contributed by atoms with Crippen molar-refractivity contribution in [1.29, 1.82) is 0 Å². The molecule has 4 rings (SSSR count). The number of rotatable bonds is 1. The van der Waals surface area contributed by atoms with Gasteiger partial charge in [-0.1, -0.05) is 12.1 Å². The maximum atomic E-state index is 12.9. The van der Waals surface area contributed by atoms with Gasteiger partial charge in [-0.25, -0.2) is 0 Å². The number of phenolic OH excluding ortho intramolecular Hbond substituents is 2. The van der Waals surface area contributed by atoms with E-state index in [0.717, 1.165) is 0 Å². The maximum absolute atomic E-state index is 12.9. The SMILES string of the molecule is CC1(C)C=Cc2c(cc3occ(-c4ccc(O)cc4)c(=O)c3c2O)O1. The summed E-state index contributed by atoms with van der Waals surface area (Å²) in [5.41, 5.74) is 0.781. The second kappa shape index (κ2) is 5.14. The molecule has 0 saturated heterocycles. The Morgan fingerprint density at radius 2 is 1.80 bits per heavy atom. The molecule has 0 aliphatic carbocycles. The molecule has 3 aromatic rings. The predicted octanol–water partition coefficient (Wildman–Crippen LogP) is 4.06. The van der Waals surface area contributed by atoms with E-state index in [0.29, 0.717) is 22.4 Å². The number of ether oxygens (including phenoxy) is 1. The van der Waals surface area contributed by atoms with Crippen molar-refractivity contribution in [3.8, 4) is 28.4 Å². The van der Waals surface area contributed by atoms with Gasteiger partial charge in [-0.2, -0.15) is 0 Å². The minimum absolute atomic E-state index is 0.107. The number of aromatic hydroxyl groups is 2. The molecule has 0 atom stereocenters.